The standard InChI is InChI=1S/C20H27N3O3.C16H19ClN4O2.C16H18N4O2.C14H18N4O.C14H15N3/c1-20(2,3)26-19(25)11-16-13-22(14-17(16)24)18-9-10-23(21-18)12-15-7-5-4-6-8-15;17-8-16(23)18-13-10-20(11-14(13)22)15-6-7-21(19-15)9-12-4-2-1-3-5-12;21-16-11-22-14-10-19(9-13(14)17-16)15-6-7-20(18-15)8-12-4-2-1-3-5-12;15-12-9-17(10-13(12)19)14-6-7-18(16-14)8-11-4-2-1-3-5-11;1-2-6-13(7-3-1)12-17-11-8-14(15-17)16-9-4-5-10-16/h4-10,16-17,24H,11-14H2,1-3H3;1-7,13-14,22H,8-11H2,(H,18,23);1-7,13-14H,8-11H2,(H,17,21);1-7,12-13,19H,8-10,15H2;1-8,11H,9-10,12H2/t16-,17+;2*13-,14+;12-,13+;/m0000./s1. The Balaban J connectivity index is 0.000000126. The Morgan fingerprint density at radius 1 is 0.495 bits per heavy atom. The maximum atomic E-state index is 12.0. The number of aliphatic hydroxyl groups is 3. The van der Waals surface area contributed by atoms with Crippen molar-refractivity contribution in [2.45, 2.75) is 108 Å². The summed E-state index contributed by atoms with van der Waals surface area (Å²) in [5, 5.41) is 58.7. The number of nitrogens with two attached hydrogens (primary N) is 1. The van der Waals surface area contributed by atoms with E-state index in [4.69, 9.17) is 26.8 Å². The molecule has 0 spiro atoms. The van der Waals surface area contributed by atoms with Crippen LogP contribution in [0.2, 0.25) is 0 Å². The molecule has 0 aliphatic carbocycles. The lowest BCUT2D eigenvalue weighted by Crippen LogP contribution is -2.50. The summed E-state index contributed by atoms with van der Waals surface area (Å²) < 4.78 is 20.5. The van der Waals surface area contributed by atoms with E-state index in [1.54, 1.807) is 0 Å². The molecule has 0 bridgehead atoms. The minimum atomic E-state index is -0.624. The van der Waals surface area contributed by atoms with Gasteiger partial charge in [-0.05, 0) is 48.6 Å². The molecule has 6 aliphatic heterocycles. The Bertz CT molecular complexity index is 4400. The molecule has 5 aromatic heterocycles. The number of morpholine rings is 1. The number of anilines is 5. The van der Waals surface area contributed by atoms with Crippen molar-refractivity contribution < 1.29 is 39.2 Å². The SMILES string of the molecule is C1=CCN(c2ccn(Cc3ccccc3)n2)C1.CC(C)(C)OC(=O)C[C@H]1CN(c2ccn(Cc3ccccc3)n2)C[C@H]1O.N[C@H]1CN(c2ccn(Cc3ccccc3)n2)C[C@H]1O.O=C(CCl)N[C@H]1CN(c2ccn(Cc3ccccc3)n2)C[C@H]1O.O=C1CO[C@@H]2CN(c3ccn(Cc4ccccc4)n3)C[C@@H]2N1. The smallest absolute Gasteiger partial charge is 0.306 e. The summed E-state index contributed by atoms with van der Waals surface area (Å²) in [6.45, 7) is 16.2. The molecular weight excluding hydrogens is 1380 g/mol. The number of nitrogens with zero attached hydrogens (tertiary/aromatic N) is 15. The number of carbonyl (C=O) groups is 3. The molecule has 0 saturated carbocycles. The molecule has 27 heteroatoms. The molecular formula is C80H97ClN18O8. The number of alkyl halides is 1. The Kier molecular flexibility index (Phi) is 26.0. The number of benzene rings is 5. The van der Waals surface area contributed by atoms with Crippen molar-refractivity contribution in [1.29, 1.82) is 0 Å². The van der Waals surface area contributed by atoms with Gasteiger partial charge in [-0.2, -0.15) is 25.5 Å². The second-order valence-corrected chi connectivity index (χ2v) is 28.8. The van der Waals surface area contributed by atoms with E-state index < -0.39 is 23.9 Å². The monoisotopic (exact) mass is 1470 g/mol. The second-order valence-electron chi connectivity index (χ2n) is 28.5. The predicted molar refractivity (Wildman–Crippen MR) is 413 cm³/mol. The number of β-amino-alcohol motifs (C(OH)–C–C–N with tert-alkyl or cyclic N) is 3. The van der Waals surface area contributed by atoms with Crippen LogP contribution in [0.25, 0.3) is 0 Å². The van der Waals surface area contributed by atoms with Gasteiger partial charge in [-0.25, -0.2) is 0 Å². The fourth-order valence-electron chi connectivity index (χ4n) is 13.5. The number of ether oxygens (including phenoxy) is 2. The quantitative estimate of drug-likeness (QED) is 0.0280. The first-order chi connectivity index (χ1) is 51.9. The first-order valence-electron chi connectivity index (χ1n) is 36.4. The topological polar surface area (TPSA) is 286 Å². The van der Waals surface area contributed by atoms with Gasteiger partial charge in [-0.1, -0.05) is 164 Å². The van der Waals surface area contributed by atoms with Crippen LogP contribution in [0.3, 0.4) is 0 Å². The molecule has 5 saturated heterocycles. The molecule has 16 rings (SSSR count). The summed E-state index contributed by atoms with van der Waals surface area (Å²) in [6.07, 6.45) is 12.9. The van der Waals surface area contributed by atoms with E-state index in [2.05, 4.69) is 137 Å². The van der Waals surface area contributed by atoms with Gasteiger partial charge < -0.3 is 65.7 Å². The minimum Gasteiger partial charge on any atom is -0.460 e. The average molecular weight is 1470 g/mol. The lowest BCUT2D eigenvalue weighted by Gasteiger charge is -2.24. The normalized spacial score (nSPS) is 20.7. The summed E-state index contributed by atoms with van der Waals surface area (Å²) in [7, 11) is 0. The lowest BCUT2D eigenvalue weighted by atomic mass is 10.0. The molecule has 7 N–H and O–H groups in total. The number of rotatable bonds is 19. The highest BCUT2D eigenvalue weighted by molar-refractivity contribution is 6.27. The largest absolute Gasteiger partial charge is 0.460 e. The van der Waals surface area contributed by atoms with Crippen molar-refractivity contribution in [2.75, 3.05) is 102 Å². The van der Waals surface area contributed by atoms with Crippen molar-refractivity contribution in [2.24, 2.45) is 11.7 Å². The predicted octanol–water partition coefficient (Wildman–Crippen LogP) is 6.68. The van der Waals surface area contributed by atoms with Crippen LogP contribution in [-0.2, 0) is 56.6 Å². The van der Waals surface area contributed by atoms with Gasteiger partial charge in [0.1, 0.15) is 18.1 Å². The van der Waals surface area contributed by atoms with Crippen molar-refractivity contribution in [3.63, 3.8) is 0 Å². The number of hydrogen-bond acceptors (Lipinski definition) is 19. The van der Waals surface area contributed by atoms with Gasteiger partial charge in [-0.15, -0.1) is 11.6 Å². The third-order valence-electron chi connectivity index (χ3n) is 18.9. The van der Waals surface area contributed by atoms with Crippen LogP contribution < -0.4 is 40.9 Å². The van der Waals surface area contributed by atoms with Gasteiger partial charge in [0.25, 0.3) is 0 Å². The van der Waals surface area contributed by atoms with Crippen LogP contribution in [0, 0.1) is 5.92 Å². The van der Waals surface area contributed by atoms with Crippen LogP contribution >= 0.6 is 11.6 Å². The van der Waals surface area contributed by atoms with Gasteiger partial charge in [0, 0.05) is 139 Å². The molecule has 26 nitrogen and oxygen atoms in total. The molecule has 107 heavy (non-hydrogen) atoms. The maximum absolute atomic E-state index is 12.0. The summed E-state index contributed by atoms with van der Waals surface area (Å²) in [5.41, 5.74) is 11.4. The lowest BCUT2D eigenvalue weighted by molar-refractivity contribution is -0.156. The molecule has 562 valence electrons. The van der Waals surface area contributed by atoms with E-state index in [9.17, 15) is 29.7 Å². The van der Waals surface area contributed by atoms with Gasteiger partial charge in [0.2, 0.25) is 11.8 Å². The fourth-order valence-corrected chi connectivity index (χ4v) is 13.5. The second kappa shape index (κ2) is 36.6. The van der Waals surface area contributed by atoms with Gasteiger partial charge in [0.05, 0.1) is 75.6 Å². The highest BCUT2D eigenvalue weighted by atomic mass is 35.5. The van der Waals surface area contributed by atoms with Crippen LogP contribution in [-0.4, -0.2) is 208 Å². The number of amides is 2. The van der Waals surface area contributed by atoms with Gasteiger partial charge >= 0.3 is 5.97 Å². The van der Waals surface area contributed by atoms with E-state index >= 15 is 0 Å². The summed E-state index contributed by atoms with van der Waals surface area (Å²) >= 11 is 5.49. The number of carbonyl (C=O) groups excluding carboxylic acids is 3. The number of hydrogen-bond donors (Lipinski definition) is 6. The number of fused-ring (bicyclic) bond motifs is 1. The zero-order chi connectivity index (χ0) is 74.7. The average Bonchev–Trinajstić information content (AvgIpc) is 1.67. The number of esters is 1. The highest BCUT2D eigenvalue weighted by Gasteiger charge is 2.40. The Hall–Kier alpha value is -10.6. The Morgan fingerprint density at radius 2 is 0.860 bits per heavy atom. The van der Waals surface area contributed by atoms with Crippen LogP contribution in [0.15, 0.2) is 225 Å². The molecule has 6 aliphatic rings. The summed E-state index contributed by atoms with van der Waals surface area (Å²) in [6, 6.07) is 60.6. The van der Waals surface area contributed by atoms with E-state index in [1.807, 2.05) is 193 Å². The van der Waals surface area contributed by atoms with Gasteiger partial charge in [0.15, 0.2) is 29.1 Å². The van der Waals surface area contributed by atoms with Crippen molar-refractivity contribution in [1.82, 2.24) is 59.5 Å². The van der Waals surface area contributed by atoms with Crippen LogP contribution in [0.5, 0.6) is 0 Å². The summed E-state index contributed by atoms with van der Waals surface area (Å²) in [4.78, 5) is 45.2. The van der Waals surface area contributed by atoms with E-state index in [1.165, 1.54) is 27.8 Å². The zero-order valence-electron chi connectivity index (χ0n) is 60.8. The first-order valence-corrected chi connectivity index (χ1v) is 37.0. The van der Waals surface area contributed by atoms with Crippen molar-refractivity contribution >= 4 is 58.5 Å². The third-order valence-corrected chi connectivity index (χ3v) is 19.1. The molecule has 8 atom stereocenters. The van der Waals surface area contributed by atoms with Crippen LogP contribution in [0.4, 0.5) is 29.1 Å². The number of aliphatic hydroxyl groups excluding tert-OH is 3. The number of nitrogens with one attached hydrogen (secondary N) is 2. The zero-order valence-corrected chi connectivity index (χ0v) is 61.5. The molecule has 0 radical (unpaired) electrons. The van der Waals surface area contributed by atoms with E-state index in [0.717, 1.165) is 74.9 Å². The molecule has 5 fully saturated rings. The summed E-state index contributed by atoms with van der Waals surface area (Å²) in [5.74, 6) is 3.69. The minimum absolute atomic E-state index is 0.0299. The molecule has 11 heterocycles. The third kappa shape index (κ3) is 22.2. The van der Waals surface area contributed by atoms with Crippen molar-refractivity contribution in [3.8, 4) is 0 Å². The van der Waals surface area contributed by atoms with Gasteiger partial charge in [-0.3, -0.25) is 37.8 Å². The fraction of sp³-hybridized carbons (Fsp3) is 0.375. The van der Waals surface area contributed by atoms with E-state index in [0.29, 0.717) is 52.4 Å². The molecule has 5 aromatic carbocycles. The maximum Gasteiger partial charge on any atom is 0.306 e. The highest BCUT2D eigenvalue weighted by Crippen LogP contribution is 2.28. The molecule has 0 unspecified atom stereocenters. The van der Waals surface area contributed by atoms with E-state index in [-0.39, 0.29) is 66.8 Å². The Labute approximate surface area is 629 Å². The number of halogens is 1. The van der Waals surface area contributed by atoms with Crippen molar-refractivity contribution in [3.05, 3.63) is 253 Å². The molecule has 10 aromatic rings. The first kappa shape index (κ1) is 76.1. The Morgan fingerprint density at radius 3 is 1.24 bits per heavy atom. The number of aromatic nitrogens is 10. The van der Waals surface area contributed by atoms with Crippen LogP contribution in [0.1, 0.15) is 55.0 Å². The molecule has 2 amide bonds.